The number of hydrogen-bond donors (Lipinski definition) is 2. The van der Waals surface area contributed by atoms with Crippen molar-refractivity contribution in [3.05, 3.63) is 45.4 Å². The zero-order valence-electron chi connectivity index (χ0n) is 17.6. The minimum absolute atomic E-state index is 0.157. The van der Waals surface area contributed by atoms with Gasteiger partial charge in [0, 0.05) is 42.9 Å². The molecule has 3 rings (SSSR count). The number of morpholine rings is 1. The third-order valence-corrected chi connectivity index (χ3v) is 5.09. The van der Waals surface area contributed by atoms with Crippen molar-refractivity contribution in [2.75, 3.05) is 45.4 Å². The van der Waals surface area contributed by atoms with E-state index in [4.69, 9.17) is 14.2 Å². The second kappa shape index (κ2) is 10.1. The molecule has 2 aromatic rings. The Labute approximate surface area is 175 Å². The van der Waals surface area contributed by atoms with Crippen LogP contribution in [-0.2, 0) is 22.5 Å². The molecule has 9 heteroatoms. The predicted octanol–water partition coefficient (Wildman–Crippen LogP) is 1.18. The van der Waals surface area contributed by atoms with Crippen molar-refractivity contribution in [1.82, 2.24) is 15.3 Å². The lowest BCUT2D eigenvalue weighted by atomic mass is 10.1. The second-order valence-electron chi connectivity index (χ2n) is 7.01. The van der Waals surface area contributed by atoms with E-state index in [1.807, 2.05) is 11.0 Å². The van der Waals surface area contributed by atoms with E-state index in [1.165, 1.54) is 0 Å². The van der Waals surface area contributed by atoms with Gasteiger partial charge in [-0.25, -0.2) is 4.98 Å². The lowest BCUT2D eigenvalue weighted by molar-refractivity contribution is -0.121. The fourth-order valence-electron chi connectivity index (χ4n) is 3.36. The molecule has 0 aliphatic carbocycles. The number of H-pyrrole nitrogens is 1. The number of nitrogens with zero attached hydrogens (tertiary/aromatic N) is 2. The molecule has 1 fully saturated rings. The van der Waals surface area contributed by atoms with Gasteiger partial charge in [0.1, 0.15) is 11.5 Å². The molecule has 1 saturated heterocycles. The molecule has 1 aromatic carbocycles. The molecular formula is C21H28N4O5. The van der Waals surface area contributed by atoms with Gasteiger partial charge in [-0.2, -0.15) is 0 Å². The summed E-state index contributed by atoms with van der Waals surface area (Å²) >= 11 is 0. The summed E-state index contributed by atoms with van der Waals surface area (Å²) < 4.78 is 15.9. The average Bonchev–Trinajstić information content (AvgIpc) is 2.77. The number of aromatic nitrogens is 2. The average molecular weight is 416 g/mol. The Morgan fingerprint density at radius 1 is 1.27 bits per heavy atom. The van der Waals surface area contributed by atoms with Crippen molar-refractivity contribution in [2.24, 2.45) is 0 Å². The molecular weight excluding hydrogens is 388 g/mol. The minimum atomic E-state index is -0.203. The second-order valence-corrected chi connectivity index (χ2v) is 7.01. The van der Waals surface area contributed by atoms with E-state index in [0.717, 1.165) is 5.56 Å². The van der Waals surface area contributed by atoms with Crippen LogP contribution in [0.5, 0.6) is 11.5 Å². The van der Waals surface area contributed by atoms with Crippen molar-refractivity contribution in [1.29, 1.82) is 0 Å². The number of nitrogens with one attached hydrogen (secondary N) is 2. The summed E-state index contributed by atoms with van der Waals surface area (Å²) in [7, 11) is 3.16. The van der Waals surface area contributed by atoms with Gasteiger partial charge in [-0.3, -0.25) is 14.6 Å². The first-order valence-electron chi connectivity index (χ1n) is 9.92. The maximum atomic E-state index is 12.5. The van der Waals surface area contributed by atoms with Crippen molar-refractivity contribution in [3.63, 3.8) is 0 Å². The Bertz CT molecular complexity index is 937. The number of methoxy groups -OCH3 is 2. The van der Waals surface area contributed by atoms with Crippen molar-refractivity contribution >= 4 is 11.9 Å². The fourth-order valence-corrected chi connectivity index (χ4v) is 3.36. The van der Waals surface area contributed by atoms with E-state index >= 15 is 0 Å². The van der Waals surface area contributed by atoms with Gasteiger partial charge in [0.2, 0.25) is 11.9 Å². The number of anilines is 1. The van der Waals surface area contributed by atoms with Gasteiger partial charge in [-0.05, 0) is 31.5 Å². The molecule has 30 heavy (non-hydrogen) atoms. The normalized spacial score (nSPS) is 13.8. The number of carbonyl (C=O) groups is 1. The molecule has 0 bridgehead atoms. The topological polar surface area (TPSA) is 106 Å². The van der Waals surface area contributed by atoms with E-state index in [-0.39, 0.29) is 17.9 Å². The monoisotopic (exact) mass is 416 g/mol. The summed E-state index contributed by atoms with van der Waals surface area (Å²) in [6, 6.07) is 5.42. The largest absolute Gasteiger partial charge is 0.497 e. The SMILES string of the molecule is COc1ccc(OC)c(CNC(=O)CCc2c(C)nc(N3CCOCC3)[nH]c2=O)c1. The summed E-state index contributed by atoms with van der Waals surface area (Å²) in [6.07, 6.45) is 0.507. The van der Waals surface area contributed by atoms with Gasteiger partial charge >= 0.3 is 0 Å². The minimum Gasteiger partial charge on any atom is -0.497 e. The maximum absolute atomic E-state index is 12.5. The van der Waals surface area contributed by atoms with Gasteiger partial charge in [0.05, 0.1) is 27.4 Å². The quantitative estimate of drug-likeness (QED) is 0.666. The van der Waals surface area contributed by atoms with Gasteiger partial charge in [0.15, 0.2) is 0 Å². The Morgan fingerprint density at radius 3 is 2.70 bits per heavy atom. The molecule has 0 saturated carbocycles. The Hall–Kier alpha value is -3.07. The first kappa shape index (κ1) is 21.6. The van der Waals surface area contributed by atoms with E-state index in [1.54, 1.807) is 33.3 Å². The highest BCUT2D eigenvalue weighted by molar-refractivity contribution is 5.76. The predicted molar refractivity (Wildman–Crippen MR) is 112 cm³/mol. The highest BCUT2D eigenvalue weighted by Gasteiger charge is 2.17. The van der Waals surface area contributed by atoms with Gasteiger partial charge in [-0.15, -0.1) is 0 Å². The number of aryl methyl sites for hydroxylation is 1. The smallest absolute Gasteiger partial charge is 0.255 e. The van der Waals surface area contributed by atoms with Crippen LogP contribution in [0.4, 0.5) is 5.95 Å². The van der Waals surface area contributed by atoms with Crippen LogP contribution in [0.2, 0.25) is 0 Å². The number of hydrogen-bond acceptors (Lipinski definition) is 7. The molecule has 1 aliphatic rings. The molecule has 9 nitrogen and oxygen atoms in total. The zero-order chi connectivity index (χ0) is 21.5. The lowest BCUT2D eigenvalue weighted by Gasteiger charge is -2.27. The number of rotatable bonds is 8. The summed E-state index contributed by atoms with van der Waals surface area (Å²) in [5.41, 5.74) is 1.78. The van der Waals surface area contributed by atoms with E-state index in [9.17, 15) is 9.59 Å². The van der Waals surface area contributed by atoms with Gasteiger partial charge in [0.25, 0.3) is 5.56 Å². The summed E-state index contributed by atoms with van der Waals surface area (Å²) in [4.78, 5) is 34.2. The number of benzene rings is 1. The first-order chi connectivity index (χ1) is 14.5. The molecule has 0 radical (unpaired) electrons. The third-order valence-electron chi connectivity index (χ3n) is 5.09. The van der Waals surface area contributed by atoms with Crippen LogP contribution in [0, 0.1) is 6.92 Å². The zero-order valence-corrected chi connectivity index (χ0v) is 17.6. The van der Waals surface area contributed by atoms with Crippen molar-refractivity contribution in [3.8, 4) is 11.5 Å². The standard InChI is InChI=1S/C21H28N4O5/c1-14-17(20(27)24-21(23-14)25-8-10-30-11-9-25)5-7-19(26)22-13-15-12-16(28-2)4-6-18(15)29-3/h4,6,12H,5,7-11,13H2,1-3H3,(H,22,26)(H,23,24,27). The first-order valence-corrected chi connectivity index (χ1v) is 9.92. The Morgan fingerprint density at radius 2 is 2.03 bits per heavy atom. The summed E-state index contributed by atoms with van der Waals surface area (Å²) in [6.45, 7) is 4.72. The number of aromatic amines is 1. The third kappa shape index (κ3) is 5.29. The van der Waals surface area contributed by atoms with Crippen LogP contribution < -0.4 is 25.2 Å². The van der Waals surface area contributed by atoms with Crippen LogP contribution >= 0.6 is 0 Å². The van der Waals surface area contributed by atoms with E-state index < -0.39 is 0 Å². The molecule has 162 valence electrons. The highest BCUT2D eigenvalue weighted by Crippen LogP contribution is 2.23. The molecule has 1 aromatic heterocycles. The fraction of sp³-hybridized carbons (Fsp3) is 0.476. The van der Waals surface area contributed by atoms with Gasteiger partial charge < -0.3 is 24.4 Å². The molecule has 0 unspecified atom stereocenters. The summed E-state index contributed by atoms with van der Waals surface area (Å²) in [5, 5.41) is 2.87. The van der Waals surface area contributed by atoms with Crippen molar-refractivity contribution < 1.29 is 19.0 Å². The molecule has 0 atom stereocenters. The number of amides is 1. The van der Waals surface area contributed by atoms with Crippen molar-refractivity contribution in [2.45, 2.75) is 26.3 Å². The van der Waals surface area contributed by atoms with E-state index in [0.29, 0.717) is 68.0 Å². The maximum Gasteiger partial charge on any atom is 0.255 e. The molecule has 0 spiro atoms. The Kier molecular flexibility index (Phi) is 7.29. The highest BCUT2D eigenvalue weighted by atomic mass is 16.5. The molecule has 1 aliphatic heterocycles. The van der Waals surface area contributed by atoms with Crippen LogP contribution in [0.1, 0.15) is 23.2 Å². The number of ether oxygens (including phenoxy) is 3. The van der Waals surface area contributed by atoms with E-state index in [2.05, 4.69) is 15.3 Å². The van der Waals surface area contributed by atoms with Crippen LogP contribution in [0.25, 0.3) is 0 Å². The number of carbonyl (C=O) groups excluding carboxylic acids is 1. The molecule has 1 amide bonds. The van der Waals surface area contributed by atoms with Crippen LogP contribution in [0.15, 0.2) is 23.0 Å². The molecule has 2 N–H and O–H groups in total. The van der Waals surface area contributed by atoms with Gasteiger partial charge in [-0.1, -0.05) is 0 Å². The molecule has 2 heterocycles. The lowest BCUT2D eigenvalue weighted by Crippen LogP contribution is -2.38. The Balaban J connectivity index is 1.59. The van der Waals surface area contributed by atoms with Crippen LogP contribution in [-0.4, -0.2) is 56.4 Å². The summed E-state index contributed by atoms with van der Waals surface area (Å²) in [5.74, 6) is 1.76. The van der Waals surface area contributed by atoms with Crippen LogP contribution in [0.3, 0.4) is 0 Å².